The number of nitrogens with zero attached hydrogens (tertiary/aromatic N) is 1. The van der Waals surface area contributed by atoms with Crippen molar-refractivity contribution >= 4 is 51.6 Å². The van der Waals surface area contributed by atoms with Crippen molar-refractivity contribution in [3.8, 4) is 5.75 Å². The Hall–Kier alpha value is -2.58. The first-order valence-electron chi connectivity index (χ1n) is 9.36. The van der Waals surface area contributed by atoms with E-state index in [1.54, 1.807) is 6.08 Å². The Kier molecular flexibility index (Phi) is 6.54. The maximum atomic E-state index is 12.9. The van der Waals surface area contributed by atoms with Gasteiger partial charge in [-0.15, -0.1) is 0 Å². The van der Waals surface area contributed by atoms with E-state index in [1.807, 2.05) is 78.9 Å². The maximum absolute atomic E-state index is 12.9. The second-order valence-corrected chi connectivity index (χ2v) is 8.95. The van der Waals surface area contributed by atoms with Crippen molar-refractivity contribution in [2.75, 3.05) is 0 Å². The zero-order valence-corrected chi connectivity index (χ0v) is 18.9. The molecule has 4 rings (SSSR count). The zero-order valence-electron chi connectivity index (χ0n) is 16.0. The average Bonchev–Trinajstić information content (AvgIpc) is 3.03. The monoisotopic (exact) mass is 527 g/mol. The van der Waals surface area contributed by atoms with Gasteiger partial charge in [-0.3, -0.25) is 14.5 Å². The molecule has 1 aliphatic heterocycles. The molecule has 1 fully saturated rings. The molecule has 0 saturated carbocycles. The van der Waals surface area contributed by atoms with Crippen LogP contribution in [0.2, 0.25) is 0 Å². The van der Waals surface area contributed by atoms with Gasteiger partial charge in [0, 0.05) is 9.13 Å². The Morgan fingerprint density at radius 3 is 2.33 bits per heavy atom. The zero-order chi connectivity index (χ0) is 20.9. The summed E-state index contributed by atoms with van der Waals surface area (Å²) in [5.41, 5.74) is 2.75. The highest BCUT2D eigenvalue weighted by molar-refractivity contribution is 14.1. The van der Waals surface area contributed by atoms with Gasteiger partial charge in [0.05, 0.1) is 11.4 Å². The van der Waals surface area contributed by atoms with Crippen LogP contribution in [0.15, 0.2) is 83.8 Å². The number of carbonyl (C=O) groups is 2. The summed E-state index contributed by atoms with van der Waals surface area (Å²) in [6.07, 6.45) is 1.74. The Bertz CT molecular complexity index is 1100. The number of carbonyl (C=O) groups excluding carboxylic acids is 2. The molecule has 3 aromatic carbocycles. The molecule has 1 heterocycles. The van der Waals surface area contributed by atoms with Gasteiger partial charge in [-0.05, 0) is 69.8 Å². The smallest absolute Gasteiger partial charge is 0.293 e. The van der Waals surface area contributed by atoms with Crippen molar-refractivity contribution < 1.29 is 14.3 Å². The van der Waals surface area contributed by atoms with Crippen LogP contribution in [0.5, 0.6) is 5.75 Å². The molecule has 30 heavy (non-hydrogen) atoms. The summed E-state index contributed by atoms with van der Waals surface area (Å²) in [5, 5.41) is -0.257. The molecular weight excluding hydrogens is 509 g/mol. The van der Waals surface area contributed by atoms with E-state index in [1.165, 1.54) is 4.90 Å². The van der Waals surface area contributed by atoms with Gasteiger partial charge >= 0.3 is 0 Å². The predicted molar refractivity (Wildman–Crippen MR) is 128 cm³/mol. The number of imide groups is 1. The van der Waals surface area contributed by atoms with E-state index >= 15 is 0 Å². The van der Waals surface area contributed by atoms with E-state index in [2.05, 4.69) is 22.6 Å². The minimum Gasteiger partial charge on any atom is -0.488 e. The summed E-state index contributed by atoms with van der Waals surface area (Å²) >= 11 is 3.19. The molecule has 0 radical (unpaired) electrons. The fourth-order valence-corrected chi connectivity index (χ4v) is 4.21. The molecule has 1 saturated heterocycles. The minimum absolute atomic E-state index is 0.257. The number of benzene rings is 3. The lowest BCUT2D eigenvalue weighted by atomic mass is 10.1. The second-order valence-electron chi connectivity index (χ2n) is 6.71. The summed E-state index contributed by atoms with van der Waals surface area (Å²) in [6.45, 7) is 0.699. The Morgan fingerprint density at radius 1 is 0.867 bits per heavy atom. The van der Waals surface area contributed by atoms with Crippen LogP contribution < -0.4 is 4.74 Å². The molecule has 0 bridgehead atoms. The van der Waals surface area contributed by atoms with E-state index in [0.29, 0.717) is 17.3 Å². The lowest BCUT2D eigenvalue weighted by molar-refractivity contribution is -0.123. The first kappa shape index (κ1) is 20.7. The number of para-hydroxylation sites is 1. The molecule has 2 amide bonds. The standard InChI is InChI=1S/C24H18INO3S/c25-20-12-10-17(11-13-20)15-26-23(27)22(30-24(26)28)14-19-8-4-5-9-21(19)29-16-18-6-2-1-3-7-18/h1-14H,15-16H2/b22-14+. The van der Waals surface area contributed by atoms with Crippen LogP contribution in [0.1, 0.15) is 16.7 Å². The van der Waals surface area contributed by atoms with Gasteiger partial charge in [0.1, 0.15) is 12.4 Å². The minimum atomic E-state index is -0.276. The number of ether oxygens (including phenoxy) is 1. The van der Waals surface area contributed by atoms with Crippen molar-refractivity contribution in [1.82, 2.24) is 4.90 Å². The fourth-order valence-electron chi connectivity index (χ4n) is 3.02. The Morgan fingerprint density at radius 2 is 1.57 bits per heavy atom. The lowest BCUT2D eigenvalue weighted by Gasteiger charge is -2.12. The number of halogens is 1. The van der Waals surface area contributed by atoms with Crippen LogP contribution in [-0.2, 0) is 17.9 Å². The van der Waals surface area contributed by atoms with Crippen LogP contribution in [0, 0.1) is 3.57 Å². The fraction of sp³-hybridized carbons (Fsp3) is 0.0833. The molecule has 0 aliphatic carbocycles. The van der Waals surface area contributed by atoms with Crippen molar-refractivity contribution in [2.45, 2.75) is 13.2 Å². The van der Waals surface area contributed by atoms with Crippen molar-refractivity contribution in [1.29, 1.82) is 0 Å². The number of thioether (sulfide) groups is 1. The van der Waals surface area contributed by atoms with Crippen molar-refractivity contribution in [3.05, 3.63) is 104 Å². The summed E-state index contributed by atoms with van der Waals surface area (Å²) in [7, 11) is 0. The summed E-state index contributed by atoms with van der Waals surface area (Å²) in [4.78, 5) is 27.0. The van der Waals surface area contributed by atoms with Gasteiger partial charge in [0.15, 0.2) is 0 Å². The maximum Gasteiger partial charge on any atom is 0.293 e. The van der Waals surface area contributed by atoms with E-state index < -0.39 is 0 Å². The number of hydrogen-bond acceptors (Lipinski definition) is 4. The Balaban J connectivity index is 1.51. The third kappa shape index (κ3) is 4.94. The van der Waals surface area contributed by atoms with Gasteiger partial charge < -0.3 is 4.74 Å². The largest absolute Gasteiger partial charge is 0.488 e. The summed E-state index contributed by atoms with van der Waals surface area (Å²) in [5.74, 6) is 0.396. The topological polar surface area (TPSA) is 46.6 Å². The molecule has 6 heteroatoms. The molecule has 3 aromatic rings. The van der Waals surface area contributed by atoms with Crippen LogP contribution in [0.25, 0.3) is 6.08 Å². The molecule has 0 aromatic heterocycles. The quantitative estimate of drug-likeness (QED) is 0.287. The Labute approximate surface area is 193 Å². The van der Waals surface area contributed by atoms with Crippen LogP contribution in [0.4, 0.5) is 4.79 Å². The molecule has 0 unspecified atom stereocenters. The molecule has 4 nitrogen and oxygen atoms in total. The third-order valence-corrected chi connectivity index (χ3v) is 6.20. The molecule has 0 N–H and O–H groups in total. The van der Waals surface area contributed by atoms with Crippen LogP contribution in [-0.4, -0.2) is 16.0 Å². The molecular formula is C24H18INO3S. The highest BCUT2D eigenvalue weighted by atomic mass is 127. The number of rotatable bonds is 6. The van der Waals surface area contributed by atoms with Gasteiger partial charge in [-0.1, -0.05) is 60.7 Å². The molecule has 0 spiro atoms. The number of hydrogen-bond donors (Lipinski definition) is 0. The molecule has 1 aliphatic rings. The summed E-state index contributed by atoms with van der Waals surface area (Å²) in [6, 6.07) is 25.2. The van der Waals surface area contributed by atoms with E-state index in [9.17, 15) is 9.59 Å². The van der Waals surface area contributed by atoms with E-state index in [4.69, 9.17) is 4.74 Å². The normalized spacial score (nSPS) is 15.1. The van der Waals surface area contributed by atoms with Crippen LogP contribution >= 0.6 is 34.4 Å². The van der Waals surface area contributed by atoms with Crippen molar-refractivity contribution in [3.63, 3.8) is 0 Å². The highest BCUT2D eigenvalue weighted by Crippen LogP contribution is 2.35. The average molecular weight is 527 g/mol. The third-order valence-electron chi connectivity index (χ3n) is 4.57. The van der Waals surface area contributed by atoms with Gasteiger partial charge in [0.2, 0.25) is 0 Å². The number of amides is 2. The molecule has 0 atom stereocenters. The first-order valence-corrected chi connectivity index (χ1v) is 11.3. The van der Waals surface area contributed by atoms with Crippen molar-refractivity contribution in [2.24, 2.45) is 0 Å². The van der Waals surface area contributed by atoms with Gasteiger partial charge in [0.25, 0.3) is 11.1 Å². The van der Waals surface area contributed by atoms with E-state index in [-0.39, 0.29) is 17.7 Å². The predicted octanol–water partition coefficient (Wildman–Crippen LogP) is 6.11. The van der Waals surface area contributed by atoms with Gasteiger partial charge in [-0.25, -0.2) is 0 Å². The van der Waals surface area contributed by atoms with E-state index in [0.717, 1.165) is 32.0 Å². The SMILES string of the molecule is O=C1S/C(=C/c2ccccc2OCc2ccccc2)C(=O)N1Cc1ccc(I)cc1. The van der Waals surface area contributed by atoms with Gasteiger partial charge in [-0.2, -0.15) is 0 Å². The lowest BCUT2D eigenvalue weighted by Crippen LogP contribution is -2.27. The second kappa shape index (κ2) is 9.49. The first-order chi connectivity index (χ1) is 14.6. The van der Waals surface area contributed by atoms with Crippen LogP contribution in [0.3, 0.4) is 0 Å². The highest BCUT2D eigenvalue weighted by Gasteiger charge is 2.35. The summed E-state index contributed by atoms with van der Waals surface area (Å²) < 4.78 is 7.07. The molecule has 150 valence electrons.